The average Bonchev–Trinajstić information content (AvgIpc) is 2.21. The van der Waals surface area contributed by atoms with Crippen molar-refractivity contribution in [2.75, 3.05) is 13.2 Å². The van der Waals surface area contributed by atoms with Crippen molar-refractivity contribution < 1.29 is 19.1 Å². The molecule has 0 saturated heterocycles. The lowest BCUT2D eigenvalue weighted by molar-refractivity contribution is -0.142. The van der Waals surface area contributed by atoms with E-state index in [2.05, 4.69) is 11.3 Å². The molecule has 0 spiro atoms. The van der Waals surface area contributed by atoms with Crippen molar-refractivity contribution in [3.05, 3.63) is 12.2 Å². The van der Waals surface area contributed by atoms with Crippen LogP contribution >= 0.6 is 0 Å². The van der Waals surface area contributed by atoms with Gasteiger partial charge in [-0.15, -0.1) is 0 Å². The fraction of sp³-hybridized carbons (Fsp3) is 0.500. The van der Waals surface area contributed by atoms with E-state index in [0.29, 0.717) is 19.4 Å². The van der Waals surface area contributed by atoms with E-state index < -0.39 is 5.97 Å². The van der Waals surface area contributed by atoms with E-state index in [1.807, 2.05) is 0 Å². The molecule has 0 rings (SSSR count). The smallest absolute Gasteiger partial charge is 0.348 e. The van der Waals surface area contributed by atoms with Crippen LogP contribution < -0.4 is 0 Å². The first-order valence-corrected chi connectivity index (χ1v) is 4.47. The van der Waals surface area contributed by atoms with E-state index in [1.165, 1.54) is 6.92 Å². The SMILES string of the molecule is C=C(C#N)C(=O)OCCCCOC(C)=O. The van der Waals surface area contributed by atoms with E-state index in [-0.39, 0.29) is 18.1 Å². The second-order valence-corrected chi connectivity index (χ2v) is 2.77. The minimum absolute atomic E-state index is 0.195. The predicted molar refractivity (Wildman–Crippen MR) is 51.6 cm³/mol. The molecule has 5 nitrogen and oxygen atoms in total. The Morgan fingerprint density at radius 2 is 1.80 bits per heavy atom. The molecule has 0 aliphatic carbocycles. The van der Waals surface area contributed by atoms with Crippen molar-refractivity contribution >= 4 is 11.9 Å². The van der Waals surface area contributed by atoms with Gasteiger partial charge in [0.1, 0.15) is 11.6 Å². The Labute approximate surface area is 88.3 Å². The Kier molecular flexibility index (Phi) is 6.64. The third-order valence-corrected chi connectivity index (χ3v) is 1.46. The highest BCUT2D eigenvalue weighted by Gasteiger charge is 2.06. The second-order valence-electron chi connectivity index (χ2n) is 2.77. The molecule has 82 valence electrons. The van der Waals surface area contributed by atoms with Gasteiger partial charge >= 0.3 is 11.9 Å². The first kappa shape index (κ1) is 13.2. The van der Waals surface area contributed by atoms with Gasteiger partial charge in [-0.1, -0.05) is 6.58 Å². The van der Waals surface area contributed by atoms with Crippen LogP contribution in [0.15, 0.2) is 12.2 Å². The van der Waals surface area contributed by atoms with Crippen LogP contribution in [-0.2, 0) is 19.1 Å². The number of carbonyl (C=O) groups is 2. The Hall–Kier alpha value is -1.83. The van der Waals surface area contributed by atoms with Crippen molar-refractivity contribution in [3.63, 3.8) is 0 Å². The van der Waals surface area contributed by atoms with Crippen molar-refractivity contribution in [1.82, 2.24) is 0 Å². The number of hydrogen-bond acceptors (Lipinski definition) is 5. The van der Waals surface area contributed by atoms with Crippen LogP contribution in [0.25, 0.3) is 0 Å². The third-order valence-electron chi connectivity index (χ3n) is 1.46. The maximum Gasteiger partial charge on any atom is 0.348 e. The number of unbranched alkanes of at least 4 members (excludes halogenated alkanes) is 1. The largest absolute Gasteiger partial charge is 0.466 e. The lowest BCUT2D eigenvalue weighted by Crippen LogP contribution is -2.08. The molecular weight excluding hydrogens is 198 g/mol. The highest BCUT2D eigenvalue weighted by atomic mass is 16.5. The molecule has 0 heterocycles. The number of rotatable bonds is 6. The van der Waals surface area contributed by atoms with Crippen molar-refractivity contribution in [2.24, 2.45) is 0 Å². The van der Waals surface area contributed by atoms with E-state index in [4.69, 9.17) is 10.00 Å². The summed E-state index contributed by atoms with van der Waals surface area (Å²) in [6.45, 7) is 5.04. The molecule has 0 N–H and O–H groups in total. The molecule has 0 aromatic carbocycles. The van der Waals surface area contributed by atoms with E-state index >= 15 is 0 Å². The zero-order valence-corrected chi connectivity index (χ0v) is 8.62. The number of esters is 2. The Morgan fingerprint density at radius 1 is 1.27 bits per heavy atom. The third kappa shape index (κ3) is 7.26. The summed E-state index contributed by atoms with van der Waals surface area (Å²) in [7, 11) is 0. The van der Waals surface area contributed by atoms with Crippen LogP contribution in [0.3, 0.4) is 0 Å². The maximum absolute atomic E-state index is 10.9. The second kappa shape index (κ2) is 7.56. The van der Waals surface area contributed by atoms with Gasteiger partial charge in [0.25, 0.3) is 0 Å². The van der Waals surface area contributed by atoms with E-state index in [9.17, 15) is 9.59 Å². The number of ether oxygens (including phenoxy) is 2. The summed E-state index contributed by atoms with van der Waals surface area (Å²) < 4.78 is 9.37. The molecule has 0 atom stereocenters. The molecule has 0 bridgehead atoms. The van der Waals surface area contributed by atoms with E-state index in [1.54, 1.807) is 6.07 Å². The highest BCUT2D eigenvalue weighted by Crippen LogP contribution is 1.96. The average molecular weight is 211 g/mol. The Balaban J connectivity index is 3.40. The number of nitrogens with zero attached hydrogens (tertiary/aromatic N) is 1. The van der Waals surface area contributed by atoms with Gasteiger partial charge in [-0.25, -0.2) is 4.79 Å². The van der Waals surface area contributed by atoms with Gasteiger partial charge in [0, 0.05) is 6.92 Å². The predicted octanol–water partition coefficient (Wildman–Crippen LogP) is 0.953. The Morgan fingerprint density at radius 3 is 2.27 bits per heavy atom. The minimum Gasteiger partial charge on any atom is -0.466 e. The molecule has 0 unspecified atom stereocenters. The number of nitriles is 1. The maximum atomic E-state index is 10.9. The molecule has 0 saturated carbocycles. The summed E-state index contributed by atoms with van der Waals surface area (Å²) in [5, 5.41) is 8.30. The molecule has 0 radical (unpaired) electrons. The molecule has 0 aromatic heterocycles. The van der Waals surface area contributed by atoms with Crippen molar-refractivity contribution in [2.45, 2.75) is 19.8 Å². The van der Waals surface area contributed by atoms with E-state index in [0.717, 1.165) is 0 Å². The van der Waals surface area contributed by atoms with Crippen molar-refractivity contribution in [3.8, 4) is 6.07 Å². The van der Waals surface area contributed by atoms with Crippen molar-refractivity contribution in [1.29, 1.82) is 5.26 Å². The summed E-state index contributed by atoms with van der Waals surface area (Å²) in [4.78, 5) is 21.2. The van der Waals surface area contributed by atoms with Gasteiger partial charge < -0.3 is 9.47 Å². The van der Waals surface area contributed by atoms with Crippen LogP contribution in [0.1, 0.15) is 19.8 Å². The van der Waals surface area contributed by atoms with Crippen LogP contribution in [0.5, 0.6) is 0 Å². The zero-order chi connectivity index (χ0) is 11.7. The fourth-order valence-electron chi connectivity index (χ4n) is 0.718. The van der Waals surface area contributed by atoms with Crippen LogP contribution in [0.2, 0.25) is 0 Å². The molecule has 5 heteroatoms. The highest BCUT2D eigenvalue weighted by molar-refractivity contribution is 5.91. The monoisotopic (exact) mass is 211 g/mol. The Bertz CT molecular complexity index is 290. The summed E-state index contributed by atoms with van der Waals surface area (Å²) >= 11 is 0. The fourth-order valence-corrected chi connectivity index (χ4v) is 0.718. The topological polar surface area (TPSA) is 76.4 Å². The molecule has 15 heavy (non-hydrogen) atoms. The first-order chi connectivity index (χ1) is 7.07. The number of carbonyl (C=O) groups excluding carboxylic acids is 2. The normalized spacial score (nSPS) is 8.80. The molecule has 0 amide bonds. The molecule has 0 fully saturated rings. The van der Waals surface area contributed by atoms with Gasteiger partial charge in [-0.05, 0) is 12.8 Å². The molecule has 0 aliphatic heterocycles. The lowest BCUT2D eigenvalue weighted by Gasteiger charge is -2.03. The van der Waals surface area contributed by atoms with Gasteiger partial charge in [0.05, 0.1) is 13.2 Å². The van der Waals surface area contributed by atoms with Gasteiger partial charge in [-0.3, -0.25) is 4.79 Å². The van der Waals surface area contributed by atoms with Crippen LogP contribution in [-0.4, -0.2) is 25.2 Å². The van der Waals surface area contributed by atoms with Crippen LogP contribution in [0.4, 0.5) is 0 Å². The summed E-state index contributed by atoms with van der Waals surface area (Å²) in [6.07, 6.45) is 1.20. The quantitative estimate of drug-likeness (QED) is 0.283. The minimum atomic E-state index is -0.704. The van der Waals surface area contributed by atoms with Crippen LogP contribution in [0, 0.1) is 11.3 Å². The first-order valence-electron chi connectivity index (χ1n) is 4.47. The zero-order valence-electron chi connectivity index (χ0n) is 8.62. The van der Waals surface area contributed by atoms with Gasteiger partial charge in [0.2, 0.25) is 0 Å². The summed E-state index contributed by atoms with van der Waals surface area (Å²) in [5.41, 5.74) is -0.213. The summed E-state index contributed by atoms with van der Waals surface area (Å²) in [6, 6.07) is 1.59. The number of hydrogen-bond donors (Lipinski definition) is 0. The van der Waals surface area contributed by atoms with Gasteiger partial charge in [0.15, 0.2) is 0 Å². The molecule has 0 aliphatic rings. The standard InChI is InChI=1S/C10H13NO4/c1-8(7-11)10(13)15-6-4-3-5-14-9(2)12/h1,3-6H2,2H3. The lowest BCUT2D eigenvalue weighted by atomic mass is 10.3. The van der Waals surface area contributed by atoms with Gasteiger partial charge in [-0.2, -0.15) is 5.26 Å². The summed E-state index contributed by atoms with van der Waals surface area (Å²) in [5.74, 6) is -1.03. The molecule has 0 aromatic rings. The molecular formula is C10H13NO4.